The molecular formula is C15H15N3O3. The monoisotopic (exact) mass is 290 g/mol. The molecule has 6 heteroatoms. The molecule has 0 saturated heterocycles. The second kappa shape index (κ2) is 4.80. The number of benzene rings is 1. The molecule has 1 aromatic carbocycles. The lowest BCUT2D eigenvalue weighted by atomic mass is 9.92. The van der Waals surface area contributed by atoms with Crippen molar-refractivity contribution in [2.75, 3.05) is 5.73 Å². The molecule has 2 N–H and O–H groups in total. The van der Waals surface area contributed by atoms with Crippen molar-refractivity contribution in [2.45, 2.75) is 32.1 Å². The first-order chi connectivity index (χ1) is 12.1. The maximum atomic E-state index is 13.0. The minimum atomic E-state index is -2.80. The number of aryl methyl sites for hydroxylation is 1. The van der Waals surface area contributed by atoms with Gasteiger partial charge in [0, 0.05) is 17.5 Å². The third-order valence-corrected chi connectivity index (χ3v) is 3.22. The third-order valence-electron chi connectivity index (χ3n) is 3.22. The number of anilines is 1. The van der Waals surface area contributed by atoms with Crippen LogP contribution in [0.5, 0.6) is 0 Å². The van der Waals surface area contributed by atoms with E-state index in [1.165, 1.54) is 12.1 Å². The van der Waals surface area contributed by atoms with Crippen molar-refractivity contribution in [3.05, 3.63) is 34.4 Å². The van der Waals surface area contributed by atoms with Crippen molar-refractivity contribution in [2.24, 2.45) is 0 Å². The van der Waals surface area contributed by atoms with Crippen LogP contribution in [-0.4, -0.2) is 21.1 Å². The lowest BCUT2D eigenvalue weighted by Gasteiger charge is -2.24. The fraction of sp³-hybridized carbons (Fsp3) is 0.333. The van der Waals surface area contributed by atoms with Crippen LogP contribution in [0.1, 0.15) is 37.9 Å². The Labute approximate surface area is 127 Å². The lowest BCUT2D eigenvalue weighted by molar-refractivity contribution is -0.132. The molecule has 2 aromatic rings. The lowest BCUT2D eigenvalue weighted by Crippen LogP contribution is -2.36. The molecule has 0 amide bonds. The number of aromatic nitrogens is 2. The van der Waals surface area contributed by atoms with Gasteiger partial charge < -0.3 is 5.73 Å². The summed E-state index contributed by atoms with van der Waals surface area (Å²) in [5.74, 6) is -2.48. The molecule has 0 bridgehead atoms. The molecule has 0 aliphatic heterocycles. The summed E-state index contributed by atoms with van der Waals surface area (Å²) in [6, 6.07) is 1.73. The molecule has 2 atom stereocenters. The number of hydrogen-bond acceptors (Lipinski definition) is 5. The number of carbonyl (C=O) groups excluding carboxylic acids is 2. The first-order valence-electron chi connectivity index (χ1n) is 8.94. The van der Waals surface area contributed by atoms with Gasteiger partial charge in [-0.3, -0.25) is 19.0 Å². The predicted molar refractivity (Wildman–Crippen MR) is 78.1 cm³/mol. The van der Waals surface area contributed by atoms with Gasteiger partial charge in [-0.05, 0) is 25.4 Å². The van der Waals surface area contributed by atoms with E-state index < -0.39 is 49.2 Å². The number of fused-ring (bicyclic) bond motifs is 1. The first kappa shape index (κ1) is 8.71. The van der Waals surface area contributed by atoms with Crippen LogP contribution in [0.15, 0.2) is 23.0 Å². The predicted octanol–water partition coefficient (Wildman–Crippen LogP) is 1.15. The van der Waals surface area contributed by atoms with E-state index in [1.807, 2.05) is 0 Å². The van der Waals surface area contributed by atoms with Crippen LogP contribution < -0.4 is 11.3 Å². The minimum Gasteiger partial charge on any atom is -0.398 e. The smallest absolute Gasteiger partial charge is 0.264 e. The molecule has 1 fully saturated rings. The summed E-state index contributed by atoms with van der Waals surface area (Å²) in [5, 5.41) is -0.0891. The van der Waals surface area contributed by atoms with Gasteiger partial charge in [0.15, 0.2) is 5.78 Å². The second-order valence-corrected chi connectivity index (χ2v) is 4.61. The number of nitrogens with two attached hydrogens (primary N) is 1. The summed E-state index contributed by atoms with van der Waals surface area (Å²) in [7, 11) is 0. The molecule has 6 nitrogen and oxygen atoms in total. The maximum absolute atomic E-state index is 13.0. The summed E-state index contributed by atoms with van der Waals surface area (Å²) >= 11 is 0. The number of nitrogens with zero attached hydrogens (tertiary/aromatic N) is 2. The van der Waals surface area contributed by atoms with E-state index in [0.717, 1.165) is 0 Å². The molecule has 1 aliphatic rings. The van der Waals surface area contributed by atoms with Gasteiger partial charge in [0.25, 0.3) is 5.56 Å². The fourth-order valence-electron chi connectivity index (χ4n) is 2.26. The van der Waals surface area contributed by atoms with Crippen molar-refractivity contribution in [1.82, 2.24) is 9.55 Å². The van der Waals surface area contributed by atoms with Crippen LogP contribution in [0.25, 0.3) is 10.9 Å². The Morgan fingerprint density at radius 1 is 1.48 bits per heavy atom. The normalized spacial score (nSPS) is 32.0. The van der Waals surface area contributed by atoms with E-state index in [4.69, 9.17) is 12.6 Å². The molecule has 2 unspecified atom stereocenters. The second-order valence-electron chi connectivity index (χ2n) is 4.61. The van der Waals surface area contributed by atoms with Crippen LogP contribution >= 0.6 is 0 Å². The minimum absolute atomic E-state index is 0.0396. The zero-order valence-electron chi connectivity index (χ0n) is 15.9. The molecular weight excluding hydrogens is 270 g/mol. The largest absolute Gasteiger partial charge is 0.398 e. The van der Waals surface area contributed by atoms with E-state index in [0.29, 0.717) is 4.57 Å². The van der Waals surface area contributed by atoms with Crippen LogP contribution in [0.2, 0.25) is 0 Å². The van der Waals surface area contributed by atoms with E-state index >= 15 is 0 Å². The average Bonchev–Trinajstić information content (AvgIpc) is 2.58. The van der Waals surface area contributed by atoms with E-state index in [-0.39, 0.29) is 22.4 Å². The number of nitrogen functional groups attached to an aromatic ring is 1. The van der Waals surface area contributed by atoms with Crippen molar-refractivity contribution in [3.8, 4) is 0 Å². The average molecular weight is 290 g/mol. The molecule has 3 rings (SSSR count). The molecule has 21 heavy (non-hydrogen) atoms. The number of Topliss-reactive ketones (excluding diaryl/α,β-unsaturated/α-hetero) is 2. The Bertz CT molecular complexity index is 1010. The van der Waals surface area contributed by atoms with Gasteiger partial charge in [0.2, 0.25) is 0 Å². The summed E-state index contributed by atoms with van der Waals surface area (Å²) in [4.78, 5) is 41.4. The highest BCUT2D eigenvalue weighted by atomic mass is 16.2. The molecule has 0 radical (unpaired) electrons. The quantitative estimate of drug-likeness (QED) is 0.628. The van der Waals surface area contributed by atoms with Crippen molar-refractivity contribution < 1.29 is 16.4 Å². The Hall–Kier alpha value is -2.50. The fourth-order valence-corrected chi connectivity index (χ4v) is 2.26. The van der Waals surface area contributed by atoms with Crippen LogP contribution in [0.4, 0.5) is 5.69 Å². The SMILES string of the molecule is [2H]Cc1nc2cccc(N)c2c(=O)n1C1([2H])C(=O)CC(=O)C([2H])([2H])C1[2H]. The van der Waals surface area contributed by atoms with Crippen LogP contribution in [-0.2, 0) is 9.59 Å². The van der Waals surface area contributed by atoms with Crippen molar-refractivity contribution in [1.29, 1.82) is 0 Å². The molecule has 1 aliphatic carbocycles. The summed E-state index contributed by atoms with van der Waals surface area (Å²) in [5.41, 5.74) is 5.10. The van der Waals surface area contributed by atoms with Gasteiger partial charge in [0.05, 0.1) is 24.7 Å². The number of rotatable bonds is 1. The molecule has 0 spiro atoms. The molecule has 1 aromatic heterocycles. The van der Waals surface area contributed by atoms with Gasteiger partial charge in [-0.2, -0.15) is 0 Å². The van der Waals surface area contributed by atoms with Crippen molar-refractivity contribution in [3.63, 3.8) is 0 Å². The zero-order chi connectivity index (χ0) is 19.4. The molecule has 1 heterocycles. The highest BCUT2D eigenvalue weighted by molar-refractivity contribution is 6.03. The van der Waals surface area contributed by atoms with Crippen LogP contribution in [0.3, 0.4) is 0 Å². The number of ketones is 2. The van der Waals surface area contributed by atoms with E-state index in [2.05, 4.69) is 4.98 Å². The Morgan fingerprint density at radius 3 is 3.05 bits per heavy atom. The first-order valence-corrected chi connectivity index (χ1v) is 6.15. The highest BCUT2D eigenvalue weighted by Crippen LogP contribution is 2.24. The summed E-state index contributed by atoms with van der Waals surface area (Å²) in [6.45, 7) is -0.586. The summed E-state index contributed by atoms with van der Waals surface area (Å²) in [6.07, 6.45) is -5.92. The highest BCUT2D eigenvalue weighted by Gasteiger charge is 2.30. The molecule has 1 saturated carbocycles. The van der Waals surface area contributed by atoms with Gasteiger partial charge in [-0.25, -0.2) is 4.98 Å². The van der Waals surface area contributed by atoms with Crippen LogP contribution in [0, 0.1) is 6.90 Å². The number of carbonyl (C=O) groups is 2. The van der Waals surface area contributed by atoms with Gasteiger partial charge in [-0.15, -0.1) is 0 Å². The van der Waals surface area contributed by atoms with E-state index in [9.17, 15) is 14.4 Å². The standard InChI is InChI=1S/C15H15N3O3/c1-8-17-11-4-2-3-10(16)14(11)15(21)18(8)12-6-5-9(19)7-13(12)20/h2-4,12H,5-7,16H2,1H3/i1D,5D2,6D,12D. The van der Waals surface area contributed by atoms with Gasteiger partial charge >= 0.3 is 0 Å². The van der Waals surface area contributed by atoms with E-state index in [1.54, 1.807) is 6.07 Å². The Balaban J connectivity index is 2.42. The maximum Gasteiger partial charge on any atom is 0.264 e. The Morgan fingerprint density at radius 2 is 2.29 bits per heavy atom. The topological polar surface area (TPSA) is 95.0 Å². The molecule has 108 valence electrons. The third kappa shape index (κ3) is 2.12. The van der Waals surface area contributed by atoms with Gasteiger partial charge in [-0.1, -0.05) is 6.07 Å². The summed E-state index contributed by atoms with van der Waals surface area (Å²) < 4.78 is 40.3. The van der Waals surface area contributed by atoms with Gasteiger partial charge in [0.1, 0.15) is 11.6 Å². The van der Waals surface area contributed by atoms with Crippen molar-refractivity contribution >= 4 is 28.2 Å². The number of hydrogen-bond donors (Lipinski definition) is 1. The Kier molecular flexibility index (Phi) is 1.99. The zero-order valence-corrected chi connectivity index (χ0v) is 10.9.